The van der Waals surface area contributed by atoms with Crippen LogP contribution in [0.1, 0.15) is 26.3 Å². The molecule has 1 aliphatic heterocycles. The number of hydrogen-bond acceptors (Lipinski definition) is 3. The van der Waals surface area contributed by atoms with E-state index < -0.39 is 11.7 Å². The second-order valence-corrected chi connectivity index (χ2v) is 5.43. The van der Waals surface area contributed by atoms with E-state index in [1.165, 1.54) is 13.0 Å². The molecule has 7 heteroatoms. The molecule has 0 spiro atoms. The molecule has 4 nitrogen and oxygen atoms in total. The lowest BCUT2D eigenvalue weighted by molar-refractivity contribution is -0.138. The zero-order chi connectivity index (χ0) is 15.8. The number of piperazine rings is 1. The van der Waals surface area contributed by atoms with Gasteiger partial charge in [0.25, 0.3) is 0 Å². The second-order valence-electron chi connectivity index (χ2n) is 5.43. The largest absolute Gasteiger partial charge is 0.417 e. The zero-order valence-corrected chi connectivity index (χ0v) is 12.2. The fourth-order valence-corrected chi connectivity index (χ4v) is 2.87. The molecule has 0 aliphatic carbocycles. The van der Waals surface area contributed by atoms with E-state index in [0.29, 0.717) is 18.9 Å². The van der Waals surface area contributed by atoms with E-state index >= 15 is 0 Å². The van der Waals surface area contributed by atoms with Crippen molar-refractivity contribution >= 4 is 11.7 Å². The van der Waals surface area contributed by atoms with Crippen LogP contribution in [-0.2, 0) is 11.0 Å². The lowest BCUT2D eigenvalue weighted by Crippen LogP contribution is -2.58. The van der Waals surface area contributed by atoms with E-state index in [0.717, 1.165) is 12.3 Å². The Hall–Kier alpha value is -1.79. The molecule has 1 saturated heterocycles. The van der Waals surface area contributed by atoms with E-state index in [9.17, 15) is 18.0 Å². The third kappa shape index (κ3) is 3.28. The molecule has 0 aromatic carbocycles. The quantitative estimate of drug-likeness (QED) is 0.800. The van der Waals surface area contributed by atoms with Crippen molar-refractivity contribution in [3.8, 4) is 0 Å². The number of halogens is 3. The maximum atomic E-state index is 12.5. The predicted molar refractivity (Wildman–Crippen MR) is 72.9 cm³/mol. The number of carbonyl (C=O) groups is 1. The van der Waals surface area contributed by atoms with Gasteiger partial charge in [0.2, 0.25) is 5.91 Å². The van der Waals surface area contributed by atoms with Gasteiger partial charge in [0, 0.05) is 38.3 Å². The molecule has 0 saturated carbocycles. The van der Waals surface area contributed by atoms with Gasteiger partial charge in [-0.05, 0) is 26.0 Å². The first kappa shape index (κ1) is 15.6. The maximum Gasteiger partial charge on any atom is 0.417 e. The summed E-state index contributed by atoms with van der Waals surface area (Å²) >= 11 is 0. The van der Waals surface area contributed by atoms with Gasteiger partial charge >= 0.3 is 6.18 Å². The summed E-state index contributed by atoms with van der Waals surface area (Å²) in [5.41, 5.74) is -0.755. The third-order valence-electron chi connectivity index (χ3n) is 3.68. The Balaban J connectivity index is 2.15. The van der Waals surface area contributed by atoms with Crippen LogP contribution in [0.15, 0.2) is 18.3 Å². The molecular formula is C14H18F3N3O. The molecule has 1 aliphatic rings. The van der Waals surface area contributed by atoms with Gasteiger partial charge in [0.1, 0.15) is 5.82 Å². The third-order valence-corrected chi connectivity index (χ3v) is 3.68. The van der Waals surface area contributed by atoms with Crippen molar-refractivity contribution in [3.05, 3.63) is 23.9 Å². The molecule has 1 aromatic heterocycles. The molecule has 2 atom stereocenters. The molecule has 1 amide bonds. The summed E-state index contributed by atoms with van der Waals surface area (Å²) in [7, 11) is 0. The Morgan fingerprint density at radius 2 is 1.81 bits per heavy atom. The van der Waals surface area contributed by atoms with Crippen LogP contribution >= 0.6 is 0 Å². The molecule has 1 aromatic rings. The highest BCUT2D eigenvalue weighted by atomic mass is 19.4. The van der Waals surface area contributed by atoms with Crippen LogP contribution in [0.25, 0.3) is 0 Å². The highest BCUT2D eigenvalue weighted by molar-refractivity contribution is 5.74. The molecule has 0 N–H and O–H groups in total. The fourth-order valence-electron chi connectivity index (χ4n) is 2.87. The number of aromatic nitrogens is 1. The van der Waals surface area contributed by atoms with Gasteiger partial charge in [-0.1, -0.05) is 0 Å². The van der Waals surface area contributed by atoms with E-state index in [4.69, 9.17) is 0 Å². The summed E-state index contributed by atoms with van der Waals surface area (Å²) in [6.07, 6.45) is -3.53. The first-order chi connectivity index (χ1) is 9.70. The Kier molecular flexibility index (Phi) is 4.11. The van der Waals surface area contributed by atoms with Crippen LogP contribution < -0.4 is 4.90 Å². The first-order valence-corrected chi connectivity index (χ1v) is 6.77. The normalized spacial score (nSPS) is 23.3. The summed E-state index contributed by atoms with van der Waals surface area (Å²) < 4.78 is 37.6. The molecular weight excluding hydrogens is 283 g/mol. The van der Waals surface area contributed by atoms with Crippen LogP contribution in [0.5, 0.6) is 0 Å². The van der Waals surface area contributed by atoms with Gasteiger partial charge < -0.3 is 9.80 Å². The summed E-state index contributed by atoms with van der Waals surface area (Å²) in [4.78, 5) is 19.2. The minimum absolute atomic E-state index is 0.00431. The molecule has 0 bridgehead atoms. The summed E-state index contributed by atoms with van der Waals surface area (Å²) in [6, 6.07) is 2.41. The van der Waals surface area contributed by atoms with Crippen molar-refractivity contribution in [2.75, 3.05) is 18.0 Å². The summed E-state index contributed by atoms with van der Waals surface area (Å²) in [5, 5.41) is 0. The van der Waals surface area contributed by atoms with E-state index in [1.807, 2.05) is 18.7 Å². The minimum Gasteiger partial charge on any atom is -0.353 e. The number of nitrogens with zero attached hydrogens (tertiary/aromatic N) is 3. The average molecular weight is 301 g/mol. The molecule has 0 radical (unpaired) electrons. The van der Waals surface area contributed by atoms with Gasteiger partial charge in [0.15, 0.2) is 0 Å². The van der Waals surface area contributed by atoms with Crippen LogP contribution in [0, 0.1) is 0 Å². The summed E-state index contributed by atoms with van der Waals surface area (Å²) in [5.74, 6) is 0.514. The molecule has 2 heterocycles. The van der Waals surface area contributed by atoms with Crippen molar-refractivity contribution < 1.29 is 18.0 Å². The van der Waals surface area contributed by atoms with E-state index in [2.05, 4.69) is 4.98 Å². The molecule has 21 heavy (non-hydrogen) atoms. The van der Waals surface area contributed by atoms with Crippen LogP contribution in [0.2, 0.25) is 0 Å². The predicted octanol–water partition coefficient (Wildman–Crippen LogP) is 2.55. The van der Waals surface area contributed by atoms with Gasteiger partial charge in [-0.3, -0.25) is 4.79 Å². The smallest absolute Gasteiger partial charge is 0.353 e. The molecule has 1 fully saturated rings. The maximum absolute atomic E-state index is 12.5. The Bertz CT molecular complexity index is 503. The number of alkyl halides is 3. The lowest BCUT2D eigenvalue weighted by Gasteiger charge is -2.44. The SMILES string of the molecule is CC(=O)N1[C@H](C)CN(c2ccc(C(F)(F)F)cn2)C[C@@H]1C. The Morgan fingerprint density at radius 1 is 1.24 bits per heavy atom. The van der Waals surface area contributed by atoms with Crippen molar-refractivity contribution in [2.24, 2.45) is 0 Å². The molecule has 2 rings (SSSR count). The molecule has 0 unspecified atom stereocenters. The lowest BCUT2D eigenvalue weighted by atomic mass is 10.1. The number of rotatable bonds is 1. The van der Waals surface area contributed by atoms with E-state index in [-0.39, 0.29) is 18.0 Å². The van der Waals surface area contributed by atoms with Crippen molar-refractivity contribution in [2.45, 2.75) is 39.0 Å². The highest BCUT2D eigenvalue weighted by Crippen LogP contribution is 2.30. The molecule has 116 valence electrons. The summed E-state index contributed by atoms with van der Waals surface area (Å²) in [6.45, 7) is 6.49. The Labute approximate surface area is 121 Å². The number of anilines is 1. The van der Waals surface area contributed by atoms with Gasteiger partial charge in [0.05, 0.1) is 5.56 Å². The number of hydrogen-bond donors (Lipinski definition) is 0. The Morgan fingerprint density at radius 3 is 2.19 bits per heavy atom. The highest BCUT2D eigenvalue weighted by Gasteiger charge is 2.33. The first-order valence-electron chi connectivity index (χ1n) is 6.77. The van der Waals surface area contributed by atoms with Crippen LogP contribution in [0.3, 0.4) is 0 Å². The van der Waals surface area contributed by atoms with Crippen molar-refractivity contribution in [1.82, 2.24) is 9.88 Å². The minimum atomic E-state index is -4.38. The average Bonchev–Trinajstić information content (AvgIpc) is 2.36. The second kappa shape index (κ2) is 5.54. The monoisotopic (exact) mass is 301 g/mol. The van der Waals surface area contributed by atoms with Crippen molar-refractivity contribution in [3.63, 3.8) is 0 Å². The van der Waals surface area contributed by atoms with Gasteiger partial charge in [-0.25, -0.2) is 4.98 Å². The number of pyridine rings is 1. The van der Waals surface area contributed by atoms with E-state index in [1.54, 1.807) is 4.90 Å². The zero-order valence-electron chi connectivity index (χ0n) is 12.2. The number of carbonyl (C=O) groups excluding carboxylic acids is 1. The topological polar surface area (TPSA) is 36.4 Å². The van der Waals surface area contributed by atoms with Gasteiger partial charge in [-0.15, -0.1) is 0 Å². The van der Waals surface area contributed by atoms with Crippen molar-refractivity contribution in [1.29, 1.82) is 0 Å². The van der Waals surface area contributed by atoms with Crippen LogP contribution in [0.4, 0.5) is 19.0 Å². The number of amides is 1. The van der Waals surface area contributed by atoms with Gasteiger partial charge in [-0.2, -0.15) is 13.2 Å². The van der Waals surface area contributed by atoms with Crippen LogP contribution in [-0.4, -0.2) is 41.0 Å². The standard InChI is InChI=1S/C14H18F3N3O/c1-9-7-19(8-10(2)20(9)11(3)21)13-5-4-12(6-18-13)14(15,16)17/h4-6,9-10H,7-8H2,1-3H3/t9-,10+. The fraction of sp³-hybridized carbons (Fsp3) is 0.571.